The zero-order valence-electron chi connectivity index (χ0n) is 13.6. The highest BCUT2D eigenvalue weighted by molar-refractivity contribution is 6.31. The van der Waals surface area contributed by atoms with E-state index in [0.29, 0.717) is 23.0 Å². The summed E-state index contributed by atoms with van der Waals surface area (Å²) in [7, 11) is 1.48. The van der Waals surface area contributed by atoms with E-state index in [1.54, 1.807) is 29.0 Å². The second kappa shape index (κ2) is 7.83. The van der Waals surface area contributed by atoms with Gasteiger partial charge in [0, 0.05) is 24.0 Å². The van der Waals surface area contributed by atoms with Gasteiger partial charge < -0.3 is 19.4 Å². The summed E-state index contributed by atoms with van der Waals surface area (Å²) in [6, 6.07) is 4.83. The molecule has 1 aromatic heterocycles. The van der Waals surface area contributed by atoms with E-state index in [1.807, 2.05) is 6.92 Å². The van der Waals surface area contributed by atoms with E-state index >= 15 is 0 Å². The van der Waals surface area contributed by atoms with Crippen LogP contribution in [0.15, 0.2) is 30.6 Å². The molecule has 128 valence electrons. The third-order valence-electron chi connectivity index (χ3n) is 3.31. The number of carbonyl (C=O) groups excluding carboxylic acids is 2. The maximum absolute atomic E-state index is 12.2. The van der Waals surface area contributed by atoms with Gasteiger partial charge in [-0.05, 0) is 32.0 Å². The highest BCUT2D eigenvalue weighted by Crippen LogP contribution is 2.27. The number of halogens is 1. The Morgan fingerprint density at radius 1 is 1.42 bits per heavy atom. The molecule has 0 fully saturated rings. The van der Waals surface area contributed by atoms with E-state index in [9.17, 15) is 9.59 Å². The summed E-state index contributed by atoms with van der Waals surface area (Å²) in [4.78, 5) is 28.3. The molecule has 0 radical (unpaired) electrons. The van der Waals surface area contributed by atoms with E-state index < -0.39 is 18.0 Å². The first-order chi connectivity index (χ1) is 11.5. The molecule has 0 spiro atoms. The van der Waals surface area contributed by atoms with Crippen LogP contribution in [0.5, 0.6) is 5.75 Å². The smallest absolute Gasteiger partial charge is 0.375 e. The fraction of sp³-hybridized carbons (Fsp3) is 0.312. The Hall–Kier alpha value is -2.54. The number of ether oxygens (including phenoxy) is 2. The van der Waals surface area contributed by atoms with Crippen LogP contribution in [0, 0.1) is 0 Å². The summed E-state index contributed by atoms with van der Waals surface area (Å²) >= 11 is 5.92. The third-order valence-corrected chi connectivity index (χ3v) is 3.55. The Morgan fingerprint density at radius 2 is 2.17 bits per heavy atom. The number of benzene rings is 1. The fourth-order valence-corrected chi connectivity index (χ4v) is 2.21. The Kier molecular flexibility index (Phi) is 5.81. The van der Waals surface area contributed by atoms with Gasteiger partial charge in [-0.3, -0.25) is 4.79 Å². The minimum absolute atomic E-state index is 0.150. The Labute approximate surface area is 144 Å². The molecule has 2 aromatic rings. The van der Waals surface area contributed by atoms with Crippen molar-refractivity contribution in [3.05, 3.63) is 41.4 Å². The van der Waals surface area contributed by atoms with E-state index in [4.69, 9.17) is 21.1 Å². The standard InChI is InChI=1S/C16H18ClN3O4/c1-4-20-8-7-18-14(20)16(22)24-10(2)15(21)19-12-9-11(17)5-6-13(12)23-3/h5-10H,4H2,1-3H3,(H,19,21). The van der Waals surface area contributed by atoms with Gasteiger partial charge in [0.1, 0.15) is 5.75 Å². The molecule has 0 aliphatic rings. The average molecular weight is 352 g/mol. The largest absolute Gasteiger partial charge is 0.495 e. The van der Waals surface area contributed by atoms with Gasteiger partial charge >= 0.3 is 5.97 Å². The van der Waals surface area contributed by atoms with Gasteiger partial charge in [-0.2, -0.15) is 0 Å². The zero-order valence-corrected chi connectivity index (χ0v) is 14.3. The second-order valence-electron chi connectivity index (χ2n) is 4.92. The number of aromatic nitrogens is 2. The van der Waals surface area contributed by atoms with Crippen molar-refractivity contribution in [3.63, 3.8) is 0 Å². The van der Waals surface area contributed by atoms with Crippen molar-refractivity contribution in [1.29, 1.82) is 0 Å². The SMILES string of the molecule is CCn1ccnc1C(=O)OC(C)C(=O)Nc1cc(Cl)ccc1OC. The van der Waals surface area contributed by atoms with Crippen LogP contribution in [0.25, 0.3) is 0 Å². The van der Waals surface area contributed by atoms with Crippen molar-refractivity contribution in [1.82, 2.24) is 9.55 Å². The van der Waals surface area contributed by atoms with Gasteiger partial charge in [-0.1, -0.05) is 11.6 Å². The number of hydrogen-bond acceptors (Lipinski definition) is 5. The van der Waals surface area contributed by atoms with Gasteiger partial charge in [0.05, 0.1) is 12.8 Å². The summed E-state index contributed by atoms with van der Waals surface area (Å²) in [6.45, 7) is 3.92. The molecule has 1 unspecified atom stereocenters. The van der Waals surface area contributed by atoms with Crippen LogP contribution in [0.1, 0.15) is 24.5 Å². The van der Waals surface area contributed by atoms with E-state index in [1.165, 1.54) is 20.2 Å². The normalized spacial score (nSPS) is 11.7. The van der Waals surface area contributed by atoms with Crippen molar-refractivity contribution >= 4 is 29.2 Å². The first kappa shape index (κ1) is 17.8. The molecule has 1 heterocycles. The first-order valence-corrected chi connectivity index (χ1v) is 7.70. The molecule has 1 amide bonds. The molecule has 0 aliphatic carbocycles. The van der Waals surface area contributed by atoms with Gasteiger partial charge in [-0.25, -0.2) is 9.78 Å². The van der Waals surface area contributed by atoms with Crippen LogP contribution < -0.4 is 10.1 Å². The number of esters is 1. The molecule has 8 heteroatoms. The third kappa shape index (κ3) is 4.05. The van der Waals surface area contributed by atoms with Crippen molar-refractivity contribution in [2.75, 3.05) is 12.4 Å². The fourth-order valence-electron chi connectivity index (χ4n) is 2.03. The molecule has 1 atom stereocenters. The van der Waals surface area contributed by atoms with Crippen molar-refractivity contribution < 1.29 is 19.1 Å². The van der Waals surface area contributed by atoms with Crippen LogP contribution in [0.4, 0.5) is 5.69 Å². The number of nitrogens with one attached hydrogen (secondary N) is 1. The van der Waals surface area contributed by atoms with Crippen LogP contribution in [0.3, 0.4) is 0 Å². The van der Waals surface area contributed by atoms with Crippen molar-refractivity contribution in [2.45, 2.75) is 26.5 Å². The van der Waals surface area contributed by atoms with Crippen LogP contribution >= 0.6 is 11.6 Å². The number of rotatable bonds is 6. The number of nitrogens with zero attached hydrogens (tertiary/aromatic N) is 2. The molecule has 7 nitrogen and oxygen atoms in total. The summed E-state index contributed by atoms with van der Waals surface area (Å²) < 4.78 is 12.0. The highest BCUT2D eigenvalue weighted by Gasteiger charge is 2.22. The maximum atomic E-state index is 12.2. The van der Waals surface area contributed by atoms with Gasteiger partial charge in [-0.15, -0.1) is 0 Å². The van der Waals surface area contributed by atoms with Crippen molar-refractivity contribution in [2.24, 2.45) is 0 Å². The molecular weight excluding hydrogens is 334 g/mol. The average Bonchev–Trinajstić information content (AvgIpc) is 3.03. The molecule has 1 aromatic carbocycles. The summed E-state index contributed by atoms with van der Waals surface area (Å²) in [6.07, 6.45) is 2.16. The lowest BCUT2D eigenvalue weighted by Gasteiger charge is -2.15. The number of hydrogen-bond donors (Lipinski definition) is 1. The summed E-state index contributed by atoms with van der Waals surface area (Å²) in [5.41, 5.74) is 0.396. The quantitative estimate of drug-likeness (QED) is 0.809. The molecule has 2 rings (SSSR count). The minimum atomic E-state index is -1.01. The van der Waals surface area contributed by atoms with Gasteiger partial charge in [0.25, 0.3) is 5.91 Å². The number of anilines is 1. The molecule has 0 saturated carbocycles. The lowest BCUT2D eigenvalue weighted by atomic mass is 10.2. The number of aryl methyl sites for hydroxylation is 1. The minimum Gasteiger partial charge on any atom is -0.495 e. The maximum Gasteiger partial charge on any atom is 0.375 e. The molecule has 1 N–H and O–H groups in total. The molecule has 0 aliphatic heterocycles. The predicted octanol–water partition coefficient (Wildman–Crippen LogP) is 2.75. The molecule has 0 bridgehead atoms. The summed E-state index contributed by atoms with van der Waals surface area (Å²) in [5.74, 6) is -0.564. The lowest BCUT2D eigenvalue weighted by molar-refractivity contribution is -0.123. The number of amides is 1. The Bertz CT molecular complexity index is 745. The lowest BCUT2D eigenvalue weighted by Crippen LogP contribution is -2.31. The highest BCUT2D eigenvalue weighted by atomic mass is 35.5. The number of imidazole rings is 1. The predicted molar refractivity (Wildman–Crippen MR) is 89.4 cm³/mol. The van der Waals surface area contributed by atoms with Crippen molar-refractivity contribution in [3.8, 4) is 5.75 Å². The first-order valence-electron chi connectivity index (χ1n) is 7.32. The van der Waals surface area contributed by atoms with E-state index in [0.717, 1.165) is 0 Å². The zero-order chi connectivity index (χ0) is 17.7. The number of carbonyl (C=O) groups is 2. The Morgan fingerprint density at radius 3 is 2.83 bits per heavy atom. The monoisotopic (exact) mass is 351 g/mol. The second-order valence-corrected chi connectivity index (χ2v) is 5.35. The molecule has 24 heavy (non-hydrogen) atoms. The topological polar surface area (TPSA) is 82.5 Å². The summed E-state index contributed by atoms with van der Waals surface area (Å²) in [5, 5.41) is 3.07. The van der Waals surface area contributed by atoms with E-state index in [2.05, 4.69) is 10.3 Å². The molecule has 0 saturated heterocycles. The van der Waals surface area contributed by atoms with Crippen LogP contribution in [-0.2, 0) is 16.1 Å². The van der Waals surface area contributed by atoms with E-state index in [-0.39, 0.29) is 5.82 Å². The van der Waals surface area contributed by atoms with Gasteiger partial charge in [0.2, 0.25) is 5.82 Å². The van der Waals surface area contributed by atoms with Crippen LogP contribution in [0.2, 0.25) is 5.02 Å². The molecular formula is C16H18ClN3O4. The van der Waals surface area contributed by atoms with Crippen LogP contribution in [-0.4, -0.2) is 34.6 Å². The van der Waals surface area contributed by atoms with Gasteiger partial charge in [0.15, 0.2) is 6.10 Å². The Balaban J connectivity index is 2.05. The number of methoxy groups -OCH3 is 1.